The van der Waals surface area contributed by atoms with E-state index in [4.69, 9.17) is 5.73 Å². The number of allylic oxidation sites excluding steroid dienone is 4. The quantitative estimate of drug-likeness (QED) is 0.490. The highest BCUT2D eigenvalue weighted by molar-refractivity contribution is 5.21. The lowest BCUT2D eigenvalue weighted by Crippen LogP contribution is -1.90. The Bertz CT molecular complexity index is 199. The first-order chi connectivity index (χ1) is 6.20. The Morgan fingerprint density at radius 1 is 1.31 bits per heavy atom. The van der Waals surface area contributed by atoms with E-state index in [9.17, 15) is 0 Å². The van der Waals surface area contributed by atoms with Crippen molar-refractivity contribution in [3.63, 3.8) is 0 Å². The van der Waals surface area contributed by atoms with Crippen LogP contribution < -0.4 is 5.73 Å². The lowest BCUT2D eigenvalue weighted by Gasteiger charge is -1.98. The molecule has 0 heterocycles. The molecule has 0 aliphatic rings. The largest absolute Gasteiger partial charge is 0.399 e. The summed E-state index contributed by atoms with van der Waals surface area (Å²) in [6.07, 6.45) is 10.7. The molecule has 1 heteroatoms. The van der Waals surface area contributed by atoms with E-state index in [1.54, 1.807) is 6.08 Å². The Morgan fingerprint density at radius 3 is 2.54 bits per heavy atom. The van der Waals surface area contributed by atoms with Crippen molar-refractivity contribution >= 4 is 0 Å². The minimum Gasteiger partial charge on any atom is -0.399 e. The zero-order valence-electron chi connectivity index (χ0n) is 8.84. The highest BCUT2D eigenvalue weighted by Crippen LogP contribution is 2.08. The van der Waals surface area contributed by atoms with Crippen LogP contribution in [0.1, 0.15) is 39.5 Å². The first-order valence-corrected chi connectivity index (χ1v) is 4.96. The van der Waals surface area contributed by atoms with Crippen LogP contribution in [0.15, 0.2) is 36.1 Å². The number of hydrogen-bond donors (Lipinski definition) is 1. The number of rotatable bonds is 6. The summed E-state index contributed by atoms with van der Waals surface area (Å²) in [7, 11) is 0. The Balaban J connectivity index is 3.81. The Morgan fingerprint density at radius 2 is 2.00 bits per heavy atom. The van der Waals surface area contributed by atoms with Gasteiger partial charge < -0.3 is 5.73 Å². The van der Waals surface area contributed by atoms with Crippen LogP contribution in [0.3, 0.4) is 0 Å². The molecule has 0 unspecified atom stereocenters. The molecule has 1 nitrogen and oxygen atoms in total. The van der Waals surface area contributed by atoms with Gasteiger partial charge in [-0.1, -0.05) is 38.0 Å². The molecule has 0 saturated heterocycles. The minimum absolute atomic E-state index is 0.731. The van der Waals surface area contributed by atoms with Gasteiger partial charge in [-0.15, -0.1) is 0 Å². The fourth-order valence-corrected chi connectivity index (χ4v) is 1.04. The summed E-state index contributed by atoms with van der Waals surface area (Å²) < 4.78 is 0. The summed E-state index contributed by atoms with van der Waals surface area (Å²) in [6.45, 7) is 7.95. The first-order valence-electron chi connectivity index (χ1n) is 4.96. The smallest absolute Gasteiger partial charge is 0.0308 e. The summed E-state index contributed by atoms with van der Waals surface area (Å²) in [6, 6.07) is 0. The lowest BCUT2D eigenvalue weighted by atomic mass is 10.1. The van der Waals surface area contributed by atoms with Crippen molar-refractivity contribution in [2.24, 2.45) is 5.73 Å². The fourth-order valence-electron chi connectivity index (χ4n) is 1.04. The second kappa shape index (κ2) is 7.66. The van der Waals surface area contributed by atoms with Gasteiger partial charge in [0, 0.05) is 5.70 Å². The Hall–Kier alpha value is -0.980. The Kier molecular flexibility index (Phi) is 7.08. The maximum atomic E-state index is 5.57. The number of hydrogen-bond acceptors (Lipinski definition) is 1. The molecule has 0 bridgehead atoms. The minimum atomic E-state index is 0.731. The molecule has 0 atom stereocenters. The number of unbranched alkanes of at least 4 members (excludes halogenated alkanes) is 2. The molecule has 0 amide bonds. The van der Waals surface area contributed by atoms with E-state index < -0.39 is 0 Å². The van der Waals surface area contributed by atoms with Crippen molar-refractivity contribution < 1.29 is 0 Å². The van der Waals surface area contributed by atoms with Gasteiger partial charge in [0.2, 0.25) is 0 Å². The third kappa shape index (κ3) is 7.38. The van der Waals surface area contributed by atoms with Gasteiger partial charge in [0.15, 0.2) is 0 Å². The summed E-state index contributed by atoms with van der Waals surface area (Å²) in [5.74, 6) is 0. The highest BCUT2D eigenvalue weighted by Gasteiger charge is 1.88. The normalized spacial score (nSPS) is 13.1. The summed E-state index contributed by atoms with van der Waals surface area (Å²) in [4.78, 5) is 0. The molecule has 0 aliphatic carbocycles. The highest BCUT2D eigenvalue weighted by atomic mass is 14.5. The lowest BCUT2D eigenvalue weighted by molar-refractivity contribution is 0.713. The average molecular weight is 179 g/mol. The molecule has 0 aromatic carbocycles. The van der Waals surface area contributed by atoms with E-state index in [0.717, 1.165) is 5.70 Å². The molecule has 0 aromatic heterocycles. The topological polar surface area (TPSA) is 26.0 Å². The van der Waals surface area contributed by atoms with Gasteiger partial charge in [-0.05, 0) is 31.9 Å². The van der Waals surface area contributed by atoms with E-state index in [2.05, 4.69) is 26.5 Å². The van der Waals surface area contributed by atoms with Crippen LogP contribution in [0, 0.1) is 0 Å². The van der Waals surface area contributed by atoms with Crippen LogP contribution in [0.25, 0.3) is 0 Å². The van der Waals surface area contributed by atoms with Gasteiger partial charge >= 0.3 is 0 Å². The summed E-state index contributed by atoms with van der Waals surface area (Å²) >= 11 is 0. The summed E-state index contributed by atoms with van der Waals surface area (Å²) in [5.41, 5.74) is 7.69. The molecule has 0 radical (unpaired) electrons. The van der Waals surface area contributed by atoms with Crippen LogP contribution in [-0.4, -0.2) is 0 Å². The van der Waals surface area contributed by atoms with E-state index in [0.29, 0.717) is 0 Å². The van der Waals surface area contributed by atoms with Crippen LogP contribution in [0.5, 0.6) is 0 Å². The molecule has 0 rings (SSSR count). The predicted molar refractivity (Wildman–Crippen MR) is 60.4 cm³/mol. The average Bonchev–Trinajstić information content (AvgIpc) is 2.14. The molecule has 0 saturated carbocycles. The molecule has 0 fully saturated rings. The fraction of sp³-hybridized carbons (Fsp3) is 0.500. The van der Waals surface area contributed by atoms with Crippen LogP contribution in [-0.2, 0) is 0 Å². The van der Waals surface area contributed by atoms with E-state index in [1.807, 2.05) is 6.08 Å². The van der Waals surface area contributed by atoms with Crippen molar-refractivity contribution in [1.29, 1.82) is 0 Å². The summed E-state index contributed by atoms with van der Waals surface area (Å²) in [5, 5.41) is 0. The number of nitrogens with two attached hydrogens (primary N) is 1. The molecular weight excluding hydrogens is 158 g/mol. The van der Waals surface area contributed by atoms with E-state index >= 15 is 0 Å². The molecule has 74 valence electrons. The third-order valence-electron chi connectivity index (χ3n) is 1.97. The van der Waals surface area contributed by atoms with Gasteiger partial charge in [-0.25, -0.2) is 0 Å². The molecule has 0 aromatic rings. The molecule has 0 aliphatic heterocycles. The van der Waals surface area contributed by atoms with Gasteiger partial charge in [-0.3, -0.25) is 0 Å². The zero-order chi connectivity index (χ0) is 10.1. The predicted octanol–water partition coefficient (Wildman–Crippen LogP) is 3.54. The van der Waals surface area contributed by atoms with Crippen LogP contribution in [0.4, 0.5) is 0 Å². The van der Waals surface area contributed by atoms with E-state index in [-0.39, 0.29) is 0 Å². The van der Waals surface area contributed by atoms with Crippen molar-refractivity contribution in [2.45, 2.75) is 39.5 Å². The van der Waals surface area contributed by atoms with Gasteiger partial charge in [0.05, 0.1) is 0 Å². The van der Waals surface area contributed by atoms with Gasteiger partial charge in [0.1, 0.15) is 0 Å². The Labute approximate surface area is 82.0 Å². The van der Waals surface area contributed by atoms with E-state index in [1.165, 1.54) is 31.3 Å². The molecule has 13 heavy (non-hydrogen) atoms. The molecule has 0 spiro atoms. The second-order valence-electron chi connectivity index (χ2n) is 3.34. The monoisotopic (exact) mass is 179 g/mol. The third-order valence-corrected chi connectivity index (χ3v) is 1.97. The maximum Gasteiger partial charge on any atom is 0.0308 e. The van der Waals surface area contributed by atoms with Crippen LogP contribution in [0.2, 0.25) is 0 Å². The van der Waals surface area contributed by atoms with Gasteiger partial charge in [-0.2, -0.15) is 0 Å². The van der Waals surface area contributed by atoms with Crippen LogP contribution >= 0.6 is 0 Å². The zero-order valence-corrected chi connectivity index (χ0v) is 8.84. The van der Waals surface area contributed by atoms with Crippen molar-refractivity contribution in [3.05, 3.63) is 36.1 Å². The SMILES string of the molecule is C=C/C(N)=C\C=C(\C)CCCCC. The first kappa shape index (κ1) is 12.0. The molecule has 2 N–H and O–H groups in total. The second-order valence-corrected chi connectivity index (χ2v) is 3.34. The van der Waals surface area contributed by atoms with Gasteiger partial charge in [0.25, 0.3) is 0 Å². The van der Waals surface area contributed by atoms with Crippen molar-refractivity contribution in [2.75, 3.05) is 0 Å². The maximum absolute atomic E-state index is 5.57. The van der Waals surface area contributed by atoms with Crippen molar-refractivity contribution in [3.8, 4) is 0 Å². The molecular formula is C12H21N. The standard InChI is InChI=1S/C12H21N/c1-4-6-7-8-11(3)9-10-12(13)5-2/h5,9-10H,2,4,6-8,13H2,1,3H3/b11-9-,12-10+. The van der Waals surface area contributed by atoms with Crippen molar-refractivity contribution in [1.82, 2.24) is 0 Å².